The number of nitrogens with two attached hydrogens (primary N) is 2. The van der Waals surface area contributed by atoms with Crippen molar-refractivity contribution in [3.05, 3.63) is 72.4 Å². The fraction of sp³-hybridized carbons (Fsp3) is 0.176. The molecule has 2 aliphatic rings. The van der Waals surface area contributed by atoms with Gasteiger partial charge in [0.05, 0.1) is 12.8 Å². The lowest BCUT2D eigenvalue weighted by molar-refractivity contribution is -0.118. The van der Waals surface area contributed by atoms with Gasteiger partial charge in [0.25, 0.3) is 0 Å². The Balaban J connectivity index is 0.000000400. The number of aliphatic hydroxyl groups is 1. The normalized spacial score (nSPS) is 14.1. The molecule has 0 spiro atoms. The minimum Gasteiger partial charge on any atom is -0.400 e. The van der Waals surface area contributed by atoms with E-state index in [1.54, 1.807) is 24.8 Å². The topological polar surface area (TPSA) is 130 Å². The number of hydrogen-bond donors (Lipinski definition) is 5. The summed E-state index contributed by atoms with van der Waals surface area (Å²) in [5.74, 6) is -0.630. The molecule has 0 fully saturated rings. The minimum absolute atomic E-state index is 0.283. The van der Waals surface area contributed by atoms with E-state index in [0.717, 1.165) is 18.3 Å². The van der Waals surface area contributed by atoms with Gasteiger partial charge < -0.3 is 27.2 Å². The van der Waals surface area contributed by atoms with Crippen molar-refractivity contribution in [2.24, 2.45) is 11.5 Å². The van der Waals surface area contributed by atoms with Crippen LogP contribution in [0.15, 0.2) is 72.4 Å². The Morgan fingerprint density at radius 3 is 1.54 bits per heavy atom. The first kappa shape index (κ1) is 20.9. The number of rotatable bonds is 4. The molecule has 0 atom stereocenters. The van der Waals surface area contributed by atoms with Gasteiger partial charge in [0.2, 0.25) is 11.8 Å². The first-order chi connectivity index (χ1) is 11.6. The number of carbonyl (C=O) groups is 2. The third-order valence-electron chi connectivity index (χ3n) is 2.52. The van der Waals surface area contributed by atoms with Gasteiger partial charge in [0.1, 0.15) is 0 Å². The Labute approximate surface area is 141 Å². The highest BCUT2D eigenvalue weighted by atomic mass is 16.2. The third kappa shape index (κ3) is 11.6. The molecule has 0 saturated carbocycles. The van der Waals surface area contributed by atoms with Crippen LogP contribution in [0.3, 0.4) is 0 Å². The molecule has 0 aromatic heterocycles. The molecule has 24 heavy (non-hydrogen) atoms. The number of allylic oxidation sites excluding steroid dienone is 6. The van der Waals surface area contributed by atoms with Crippen molar-refractivity contribution >= 4 is 11.8 Å². The van der Waals surface area contributed by atoms with E-state index in [1.165, 1.54) is 0 Å². The molecule has 0 saturated heterocycles. The molecule has 0 radical (unpaired) electrons. The predicted octanol–water partition coefficient (Wildman–Crippen LogP) is 0.446. The van der Waals surface area contributed by atoms with Crippen molar-refractivity contribution in [2.45, 2.75) is 12.8 Å². The molecule has 130 valence electrons. The molecule has 7 N–H and O–H groups in total. The van der Waals surface area contributed by atoms with Crippen molar-refractivity contribution in [3.8, 4) is 0 Å². The van der Waals surface area contributed by atoms with E-state index in [9.17, 15) is 9.59 Å². The molecular formula is C17H24N4O3. The summed E-state index contributed by atoms with van der Waals surface area (Å²) in [5, 5.41) is 12.8. The average molecular weight is 332 g/mol. The Kier molecular flexibility index (Phi) is 11.9. The zero-order valence-electron chi connectivity index (χ0n) is 13.6. The summed E-state index contributed by atoms with van der Waals surface area (Å²) in [6.07, 6.45) is 18.8. The van der Waals surface area contributed by atoms with Crippen molar-refractivity contribution in [1.29, 1.82) is 0 Å². The van der Waals surface area contributed by atoms with Crippen LogP contribution >= 0.6 is 0 Å². The van der Waals surface area contributed by atoms with E-state index >= 15 is 0 Å². The Bertz CT molecular complexity index is 533. The van der Waals surface area contributed by atoms with Gasteiger partial charge in [-0.1, -0.05) is 24.3 Å². The molecular weight excluding hydrogens is 308 g/mol. The van der Waals surface area contributed by atoms with E-state index in [1.807, 2.05) is 36.5 Å². The van der Waals surface area contributed by atoms with Crippen LogP contribution in [-0.4, -0.2) is 24.0 Å². The van der Waals surface area contributed by atoms with Gasteiger partial charge in [0.15, 0.2) is 0 Å². The second kappa shape index (κ2) is 13.6. The third-order valence-corrected chi connectivity index (χ3v) is 2.52. The molecule has 0 unspecified atom stereocenters. The zero-order chi connectivity index (χ0) is 18.2. The highest BCUT2D eigenvalue weighted by Gasteiger charge is 1.98. The Hall–Kier alpha value is -3.06. The van der Waals surface area contributed by atoms with Gasteiger partial charge in [-0.2, -0.15) is 0 Å². The van der Waals surface area contributed by atoms with Crippen LogP contribution in [0.5, 0.6) is 0 Å². The number of aliphatic hydroxyl groups excluding tert-OH is 1. The summed E-state index contributed by atoms with van der Waals surface area (Å²) in [6, 6.07) is 0. The van der Waals surface area contributed by atoms with Gasteiger partial charge in [0, 0.05) is 31.9 Å². The van der Waals surface area contributed by atoms with E-state index < -0.39 is 0 Å². The van der Waals surface area contributed by atoms with Crippen molar-refractivity contribution < 1.29 is 14.7 Å². The van der Waals surface area contributed by atoms with Crippen LogP contribution in [0.2, 0.25) is 0 Å². The van der Waals surface area contributed by atoms with Gasteiger partial charge in [-0.25, -0.2) is 0 Å². The highest BCUT2D eigenvalue weighted by Crippen LogP contribution is 2.04. The maximum Gasteiger partial charge on any atom is 0.221 e. The van der Waals surface area contributed by atoms with Crippen LogP contribution in [0.4, 0.5) is 0 Å². The molecule has 0 bridgehead atoms. The van der Waals surface area contributed by atoms with E-state index in [2.05, 4.69) is 10.6 Å². The molecule has 0 aromatic carbocycles. The van der Waals surface area contributed by atoms with Crippen LogP contribution in [0.1, 0.15) is 12.8 Å². The lowest BCUT2D eigenvalue weighted by Gasteiger charge is -1.95. The van der Waals surface area contributed by atoms with Crippen molar-refractivity contribution in [3.63, 3.8) is 0 Å². The number of primary amides is 2. The first-order valence-corrected chi connectivity index (χ1v) is 7.16. The fourth-order valence-corrected chi connectivity index (χ4v) is 1.61. The summed E-state index contributed by atoms with van der Waals surface area (Å²) in [5.41, 5.74) is 11.8. The second-order valence-electron chi connectivity index (χ2n) is 4.49. The second-order valence-corrected chi connectivity index (χ2v) is 4.49. The summed E-state index contributed by atoms with van der Waals surface area (Å²) in [7, 11) is 1.00. The maximum absolute atomic E-state index is 10.5. The smallest absolute Gasteiger partial charge is 0.221 e. The Morgan fingerprint density at radius 1 is 0.833 bits per heavy atom. The fourth-order valence-electron chi connectivity index (χ4n) is 1.61. The molecule has 0 aromatic rings. The van der Waals surface area contributed by atoms with Gasteiger partial charge >= 0.3 is 0 Å². The first-order valence-electron chi connectivity index (χ1n) is 7.16. The largest absolute Gasteiger partial charge is 0.400 e. The summed E-state index contributed by atoms with van der Waals surface area (Å²) in [6.45, 7) is 0. The van der Waals surface area contributed by atoms with Gasteiger partial charge in [-0.3, -0.25) is 9.59 Å². The summed E-state index contributed by atoms with van der Waals surface area (Å²) < 4.78 is 0. The molecule has 2 rings (SSSR count). The monoisotopic (exact) mass is 332 g/mol. The molecule has 7 nitrogen and oxygen atoms in total. The molecule has 7 heteroatoms. The van der Waals surface area contributed by atoms with Crippen molar-refractivity contribution in [1.82, 2.24) is 10.6 Å². The highest BCUT2D eigenvalue weighted by molar-refractivity contribution is 5.77. The maximum atomic E-state index is 10.5. The lowest BCUT2D eigenvalue weighted by atomic mass is 10.2. The number of carbonyl (C=O) groups excluding carboxylic acids is 2. The van der Waals surface area contributed by atoms with Gasteiger partial charge in [-0.05, 0) is 23.3 Å². The SMILES string of the molecule is CO.NC(=O)CC1=CNC=CC=C1.NC(=O)CC1=CNC=CC=C1. The van der Waals surface area contributed by atoms with E-state index in [0.29, 0.717) is 0 Å². The lowest BCUT2D eigenvalue weighted by Crippen LogP contribution is -2.11. The van der Waals surface area contributed by atoms with E-state index in [-0.39, 0.29) is 24.7 Å². The van der Waals surface area contributed by atoms with Crippen LogP contribution in [-0.2, 0) is 9.59 Å². The quantitative estimate of drug-likeness (QED) is 0.510. The molecule has 2 aliphatic heterocycles. The number of nitrogens with one attached hydrogen (secondary N) is 2. The van der Waals surface area contributed by atoms with Gasteiger partial charge in [-0.15, -0.1) is 0 Å². The van der Waals surface area contributed by atoms with Crippen LogP contribution in [0.25, 0.3) is 0 Å². The number of amides is 2. The minimum atomic E-state index is -0.315. The molecule has 2 amide bonds. The number of hydrogen-bond acceptors (Lipinski definition) is 5. The molecule has 2 heterocycles. The molecule has 0 aliphatic carbocycles. The van der Waals surface area contributed by atoms with Crippen LogP contribution in [0, 0.1) is 0 Å². The standard InChI is InChI=1S/2C8H10N2O.CH4O/c2*9-8(11)5-7-3-1-2-4-10-6-7;1-2/h2*1-4,6,10H,5H2,(H2,9,11);2H,1H3. The summed E-state index contributed by atoms with van der Waals surface area (Å²) in [4.78, 5) is 21.0. The van der Waals surface area contributed by atoms with E-state index in [4.69, 9.17) is 16.6 Å². The average Bonchev–Trinajstić information content (AvgIpc) is 2.94. The summed E-state index contributed by atoms with van der Waals surface area (Å²) >= 11 is 0. The Morgan fingerprint density at radius 2 is 1.21 bits per heavy atom. The van der Waals surface area contributed by atoms with Crippen LogP contribution < -0.4 is 22.1 Å². The predicted molar refractivity (Wildman–Crippen MR) is 94.8 cm³/mol. The zero-order valence-corrected chi connectivity index (χ0v) is 13.6. The van der Waals surface area contributed by atoms with Crippen molar-refractivity contribution in [2.75, 3.05) is 7.11 Å².